The molecule has 0 aliphatic carbocycles. The normalized spacial score (nSPS) is 14.6. The number of benzene rings is 2. The first kappa shape index (κ1) is 20.1. The van der Waals surface area contributed by atoms with E-state index < -0.39 is 29.1 Å². The minimum absolute atomic E-state index is 0.186. The van der Waals surface area contributed by atoms with Crippen LogP contribution in [0, 0.1) is 0 Å². The SMILES string of the molecule is C=Cc1ccc([B]c2cc(C(F)(F)F)cc(C(C)(F)C(F)(F)F)c2)cc1. The van der Waals surface area contributed by atoms with Crippen LogP contribution in [-0.4, -0.2) is 13.5 Å². The van der Waals surface area contributed by atoms with Crippen LogP contribution in [0.25, 0.3) is 6.08 Å². The highest BCUT2D eigenvalue weighted by atomic mass is 19.4. The fourth-order valence-electron chi connectivity index (χ4n) is 2.25. The molecule has 0 aliphatic rings. The molecule has 2 aromatic carbocycles. The summed E-state index contributed by atoms with van der Waals surface area (Å²) in [5.41, 5.74) is -5.34. The van der Waals surface area contributed by atoms with Crippen LogP contribution in [0.3, 0.4) is 0 Å². The van der Waals surface area contributed by atoms with Crippen molar-refractivity contribution in [1.82, 2.24) is 0 Å². The third-order valence-corrected chi connectivity index (χ3v) is 3.86. The molecule has 137 valence electrons. The van der Waals surface area contributed by atoms with E-state index in [4.69, 9.17) is 0 Å². The Morgan fingerprint density at radius 1 is 0.808 bits per heavy atom. The van der Waals surface area contributed by atoms with Crippen molar-refractivity contribution in [3.8, 4) is 0 Å². The highest BCUT2D eigenvalue weighted by Gasteiger charge is 2.54. The average molecular weight is 373 g/mol. The van der Waals surface area contributed by atoms with Crippen LogP contribution in [0.15, 0.2) is 49.0 Å². The van der Waals surface area contributed by atoms with Gasteiger partial charge in [0, 0.05) is 0 Å². The number of hydrogen-bond donors (Lipinski definition) is 0. The van der Waals surface area contributed by atoms with Gasteiger partial charge < -0.3 is 0 Å². The van der Waals surface area contributed by atoms with Crippen molar-refractivity contribution < 1.29 is 30.7 Å². The molecule has 0 amide bonds. The summed E-state index contributed by atoms with van der Waals surface area (Å²) in [4.78, 5) is 0. The van der Waals surface area contributed by atoms with E-state index in [1.165, 1.54) is 7.28 Å². The fraction of sp³-hybridized carbons (Fsp3) is 0.222. The molecule has 1 radical (unpaired) electrons. The molecule has 0 fully saturated rings. The lowest BCUT2D eigenvalue weighted by Gasteiger charge is -2.25. The van der Waals surface area contributed by atoms with Gasteiger partial charge in [0.1, 0.15) is 0 Å². The number of alkyl halides is 7. The molecule has 1 atom stereocenters. The van der Waals surface area contributed by atoms with E-state index in [1.807, 2.05) is 0 Å². The van der Waals surface area contributed by atoms with Crippen LogP contribution >= 0.6 is 0 Å². The Morgan fingerprint density at radius 3 is 1.81 bits per heavy atom. The van der Waals surface area contributed by atoms with Gasteiger partial charge in [0.05, 0.1) is 5.56 Å². The van der Waals surface area contributed by atoms with E-state index in [2.05, 4.69) is 6.58 Å². The fourth-order valence-corrected chi connectivity index (χ4v) is 2.25. The summed E-state index contributed by atoms with van der Waals surface area (Å²) in [6, 6.07) is 8.04. The van der Waals surface area contributed by atoms with Crippen molar-refractivity contribution in [2.45, 2.75) is 24.9 Å². The molecular formula is C18H13BF7. The maximum atomic E-state index is 14.2. The highest BCUT2D eigenvalue weighted by Crippen LogP contribution is 2.43. The van der Waals surface area contributed by atoms with Gasteiger partial charge >= 0.3 is 12.4 Å². The molecule has 0 saturated carbocycles. The van der Waals surface area contributed by atoms with Crippen LogP contribution in [0.2, 0.25) is 0 Å². The van der Waals surface area contributed by atoms with Crippen molar-refractivity contribution >= 4 is 24.3 Å². The molecule has 0 aliphatic heterocycles. The summed E-state index contributed by atoms with van der Waals surface area (Å²) in [6.45, 7) is 3.76. The molecule has 0 saturated heterocycles. The van der Waals surface area contributed by atoms with Crippen LogP contribution in [-0.2, 0) is 11.8 Å². The Bertz CT molecular complexity index is 787. The zero-order valence-electron chi connectivity index (χ0n) is 13.5. The Kier molecular flexibility index (Phi) is 5.26. The van der Waals surface area contributed by atoms with Gasteiger partial charge in [-0.05, 0) is 24.1 Å². The molecule has 26 heavy (non-hydrogen) atoms. The second-order valence-corrected chi connectivity index (χ2v) is 5.86. The second kappa shape index (κ2) is 6.81. The second-order valence-electron chi connectivity index (χ2n) is 5.86. The summed E-state index contributed by atoms with van der Waals surface area (Å²) >= 11 is 0. The summed E-state index contributed by atoms with van der Waals surface area (Å²) < 4.78 is 92.1. The first-order valence-electron chi connectivity index (χ1n) is 7.40. The maximum absolute atomic E-state index is 14.2. The monoisotopic (exact) mass is 373 g/mol. The van der Waals surface area contributed by atoms with Gasteiger partial charge in [-0.15, -0.1) is 0 Å². The minimum atomic E-state index is -5.35. The summed E-state index contributed by atoms with van der Waals surface area (Å²) in [6.07, 6.45) is -8.70. The van der Waals surface area contributed by atoms with Crippen LogP contribution in [0.4, 0.5) is 30.7 Å². The van der Waals surface area contributed by atoms with Gasteiger partial charge in [0.15, 0.2) is 7.28 Å². The van der Waals surface area contributed by atoms with Gasteiger partial charge in [0.2, 0.25) is 5.67 Å². The summed E-state index contributed by atoms with van der Waals surface area (Å²) in [5.74, 6) is 0. The minimum Gasteiger partial charge on any atom is -0.229 e. The summed E-state index contributed by atoms with van der Waals surface area (Å²) in [5, 5.41) is 0. The van der Waals surface area contributed by atoms with E-state index >= 15 is 0 Å². The molecule has 0 N–H and O–H groups in total. The average Bonchev–Trinajstić information content (AvgIpc) is 2.53. The van der Waals surface area contributed by atoms with Crippen molar-refractivity contribution in [3.63, 3.8) is 0 Å². The zero-order valence-corrected chi connectivity index (χ0v) is 13.5. The first-order chi connectivity index (χ1) is 11.8. The Hall–Kier alpha value is -2.25. The molecule has 2 aromatic rings. The van der Waals surface area contributed by atoms with E-state index in [0.29, 0.717) is 11.5 Å². The Morgan fingerprint density at radius 2 is 1.35 bits per heavy atom. The van der Waals surface area contributed by atoms with Crippen molar-refractivity contribution in [3.05, 3.63) is 65.7 Å². The number of hydrogen-bond acceptors (Lipinski definition) is 0. The summed E-state index contributed by atoms with van der Waals surface area (Å²) in [7, 11) is 1.25. The van der Waals surface area contributed by atoms with Crippen molar-refractivity contribution in [1.29, 1.82) is 0 Å². The predicted octanol–water partition coefficient (Wildman–Crippen LogP) is 4.75. The van der Waals surface area contributed by atoms with Crippen molar-refractivity contribution in [2.24, 2.45) is 0 Å². The molecule has 0 aromatic heterocycles. The molecule has 2 rings (SSSR count). The van der Waals surface area contributed by atoms with E-state index in [0.717, 1.165) is 11.6 Å². The molecular weight excluding hydrogens is 360 g/mol. The highest BCUT2D eigenvalue weighted by molar-refractivity contribution is 6.67. The van der Waals surface area contributed by atoms with Gasteiger partial charge in [-0.1, -0.05) is 60.0 Å². The molecule has 8 heteroatoms. The Labute approximate surface area is 146 Å². The molecule has 1 unspecified atom stereocenters. The third-order valence-electron chi connectivity index (χ3n) is 3.86. The zero-order chi connectivity index (χ0) is 19.8. The lowest BCUT2D eigenvalue weighted by molar-refractivity contribution is -0.228. The standard InChI is InChI=1S/C18H13BF7/c1-3-11-4-6-14(7-5-11)19-15-9-12(16(2,20)18(24,25)26)8-13(10-15)17(21,22)23/h3-10H,1H2,2H3. The van der Waals surface area contributed by atoms with Crippen LogP contribution in [0.5, 0.6) is 0 Å². The molecule has 0 heterocycles. The van der Waals surface area contributed by atoms with Crippen LogP contribution < -0.4 is 10.9 Å². The maximum Gasteiger partial charge on any atom is 0.426 e. The van der Waals surface area contributed by atoms with E-state index in [1.54, 1.807) is 30.3 Å². The largest absolute Gasteiger partial charge is 0.426 e. The third kappa shape index (κ3) is 4.29. The lowest BCUT2D eigenvalue weighted by Crippen LogP contribution is -2.37. The Balaban J connectivity index is 2.51. The topological polar surface area (TPSA) is 0 Å². The predicted molar refractivity (Wildman–Crippen MR) is 87.5 cm³/mol. The molecule has 0 spiro atoms. The van der Waals surface area contributed by atoms with Crippen LogP contribution in [0.1, 0.15) is 23.6 Å². The number of rotatable bonds is 4. The van der Waals surface area contributed by atoms with Crippen molar-refractivity contribution in [2.75, 3.05) is 0 Å². The van der Waals surface area contributed by atoms with E-state index in [-0.39, 0.29) is 18.5 Å². The number of halogens is 7. The van der Waals surface area contributed by atoms with E-state index in [9.17, 15) is 30.7 Å². The van der Waals surface area contributed by atoms with Gasteiger partial charge in [0.25, 0.3) is 0 Å². The van der Waals surface area contributed by atoms with Gasteiger partial charge in [-0.3, -0.25) is 0 Å². The molecule has 0 nitrogen and oxygen atoms in total. The van der Waals surface area contributed by atoms with Gasteiger partial charge in [-0.25, -0.2) is 4.39 Å². The smallest absolute Gasteiger partial charge is 0.229 e. The van der Waals surface area contributed by atoms with Gasteiger partial charge in [-0.2, -0.15) is 26.3 Å². The molecule has 0 bridgehead atoms. The first-order valence-corrected chi connectivity index (χ1v) is 7.40. The quantitative estimate of drug-likeness (QED) is 0.536. The lowest BCUT2D eigenvalue weighted by atomic mass is 9.63.